The van der Waals surface area contributed by atoms with E-state index < -0.39 is 10.0 Å². The van der Waals surface area contributed by atoms with E-state index in [9.17, 15) is 8.42 Å². The van der Waals surface area contributed by atoms with Crippen molar-refractivity contribution >= 4 is 21.6 Å². The molecule has 6 heteroatoms. The zero-order valence-electron chi connectivity index (χ0n) is 9.43. The smallest absolute Gasteiger partial charge is 0.209 e. The molecule has 96 valence electrons. The largest absolute Gasteiger partial charge is 0.377 e. The number of hydrogen-bond acceptors (Lipinski definition) is 3. The Hall–Kier alpha value is -0.620. The van der Waals surface area contributed by atoms with E-state index in [-0.39, 0.29) is 5.75 Å². The first kappa shape index (κ1) is 14.4. The third-order valence-electron chi connectivity index (χ3n) is 2.15. The van der Waals surface area contributed by atoms with Gasteiger partial charge in [0.15, 0.2) is 0 Å². The van der Waals surface area contributed by atoms with Crippen LogP contribution in [0.5, 0.6) is 0 Å². The van der Waals surface area contributed by atoms with Gasteiger partial charge in [-0.1, -0.05) is 23.7 Å². The van der Waals surface area contributed by atoms with Crippen LogP contribution in [0.25, 0.3) is 0 Å². The van der Waals surface area contributed by atoms with Crippen LogP contribution in [0.2, 0.25) is 5.02 Å². The van der Waals surface area contributed by atoms with Crippen molar-refractivity contribution in [3.63, 3.8) is 0 Å². The molecular weight excluding hydrogens is 262 g/mol. The first-order valence-corrected chi connectivity index (χ1v) is 7.39. The Kier molecular flexibility index (Phi) is 5.91. The second-order valence-corrected chi connectivity index (χ2v) is 5.92. The maximum Gasteiger partial charge on any atom is 0.209 e. The number of halogens is 1. The van der Waals surface area contributed by atoms with Crippen LogP contribution >= 0.6 is 11.6 Å². The van der Waals surface area contributed by atoms with Crippen LogP contribution in [0.3, 0.4) is 0 Å². The summed E-state index contributed by atoms with van der Waals surface area (Å²) >= 11 is 5.75. The Balaban J connectivity index is 2.10. The summed E-state index contributed by atoms with van der Waals surface area (Å²) in [5.41, 5.74) is 1.04. The van der Waals surface area contributed by atoms with Gasteiger partial charge in [-0.05, 0) is 30.5 Å². The average Bonchev–Trinajstić information content (AvgIpc) is 2.24. The van der Waals surface area contributed by atoms with Crippen LogP contribution in [0.4, 0.5) is 0 Å². The molecule has 17 heavy (non-hydrogen) atoms. The van der Waals surface area contributed by atoms with Crippen LogP contribution in [0.15, 0.2) is 24.3 Å². The first-order chi connectivity index (χ1) is 7.97. The van der Waals surface area contributed by atoms with E-state index in [2.05, 4.69) is 0 Å². The fourth-order valence-electron chi connectivity index (χ4n) is 1.28. The summed E-state index contributed by atoms with van der Waals surface area (Å²) in [6, 6.07) is 7.40. The van der Waals surface area contributed by atoms with Gasteiger partial charge in [-0.25, -0.2) is 13.6 Å². The minimum Gasteiger partial charge on any atom is -0.377 e. The van der Waals surface area contributed by atoms with Crippen molar-refractivity contribution in [3.05, 3.63) is 34.9 Å². The number of rotatable bonds is 7. The molecule has 0 atom stereocenters. The molecular formula is C11H16ClNO3S. The topological polar surface area (TPSA) is 69.4 Å². The standard InChI is InChI=1S/C11H16ClNO3S/c12-11-5-3-10(4-6-11)9-16-7-1-2-8-17(13,14)15/h3-6H,1-2,7-9H2,(H2,13,14,15). The fraction of sp³-hybridized carbons (Fsp3) is 0.455. The van der Waals surface area contributed by atoms with Crippen molar-refractivity contribution in [1.82, 2.24) is 0 Å². The summed E-state index contributed by atoms with van der Waals surface area (Å²) < 4.78 is 26.7. The van der Waals surface area contributed by atoms with Gasteiger partial charge in [0.25, 0.3) is 0 Å². The Bertz CT molecular complexity index is 431. The lowest BCUT2D eigenvalue weighted by molar-refractivity contribution is 0.118. The highest BCUT2D eigenvalue weighted by atomic mass is 35.5. The number of hydrogen-bond donors (Lipinski definition) is 1. The van der Waals surface area contributed by atoms with E-state index in [1.807, 2.05) is 12.1 Å². The van der Waals surface area contributed by atoms with Gasteiger partial charge in [0.2, 0.25) is 10.0 Å². The summed E-state index contributed by atoms with van der Waals surface area (Å²) in [5, 5.41) is 5.57. The summed E-state index contributed by atoms with van der Waals surface area (Å²) in [7, 11) is -3.34. The first-order valence-electron chi connectivity index (χ1n) is 5.30. The fourth-order valence-corrected chi connectivity index (χ4v) is 2.01. The average molecular weight is 278 g/mol. The number of unbranched alkanes of at least 4 members (excludes halogenated alkanes) is 1. The highest BCUT2D eigenvalue weighted by molar-refractivity contribution is 7.89. The molecule has 1 rings (SSSR count). The van der Waals surface area contributed by atoms with Crippen LogP contribution in [0, 0.1) is 0 Å². The van der Waals surface area contributed by atoms with Gasteiger partial charge in [0.1, 0.15) is 0 Å². The third-order valence-corrected chi connectivity index (χ3v) is 3.26. The van der Waals surface area contributed by atoms with Crippen molar-refractivity contribution in [2.75, 3.05) is 12.4 Å². The Morgan fingerprint density at radius 1 is 1.18 bits per heavy atom. The van der Waals surface area contributed by atoms with E-state index >= 15 is 0 Å². The molecule has 0 heterocycles. The highest BCUT2D eigenvalue weighted by Crippen LogP contribution is 2.10. The monoisotopic (exact) mass is 277 g/mol. The SMILES string of the molecule is NS(=O)(=O)CCCCOCc1ccc(Cl)cc1. The lowest BCUT2D eigenvalue weighted by atomic mass is 10.2. The maximum atomic E-state index is 10.6. The zero-order chi connectivity index (χ0) is 12.7. The molecule has 0 saturated carbocycles. The second kappa shape index (κ2) is 6.96. The molecule has 0 aliphatic rings. The van der Waals surface area contributed by atoms with Gasteiger partial charge >= 0.3 is 0 Å². The molecule has 4 nitrogen and oxygen atoms in total. The van der Waals surface area contributed by atoms with Crippen molar-refractivity contribution in [2.24, 2.45) is 5.14 Å². The third kappa shape index (κ3) is 7.33. The zero-order valence-corrected chi connectivity index (χ0v) is 11.0. The van der Waals surface area contributed by atoms with Crippen LogP contribution < -0.4 is 5.14 Å². The van der Waals surface area contributed by atoms with Crippen LogP contribution in [0.1, 0.15) is 18.4 Å². The van der Waals surface area contributed by atoms with Crippen molar-refractivity contribution < 1.29 is 13.2 Å². The Morgan fingerprint density at radius 3 is 2.41 bits per heavy atom. The molecule has 0 spiro atoms. The van der Waals surface area contributed by atoms with Gasteiger partial charge in [0.05, 0.1) is 12.4 Å². The molecule has 0 saturated heterocycles. The second-order valence-electron chi connectivity index (χ2n) is 3.75. The molecule has 1 aromatic rings. The molecule has 2 N–H and O–H groups in total. The molecule has 0 aliphatic heterocycles. The van der Waals surface area contributed by atoms with E-state index in [0.717, 1.165) is 5.56 Å². The van der Waals surface area contributed by atoms with Gasteiger partial charge < -0.3 is 4.74 Å². The Labute approximate surface area is 107 Å². The summed E-state index contributed by atoms with van der Waals surface area (Å²) in [5.74, 6) is 0.0112. The van der Waals surface area contributed by atoms with E-state index in [4.69, 9.17) is 21.5 Å². The number of primary sulfonamides is 1. The lowest BCUT2D eigenvalue weighted by Crippen LogP contribution is -2.16. The van der Waals surface area contributed by atoms with E-state index in [0.29, 0.717) is 31.1 Å². The van der Waals surface area contributed by atoms with Gasteiger partial charge in [0, 0.05) is 11.6 Å². The quantitative estimate of drug-likeness (QED) is 0.774. The van der Waals surface area contributed by atoms with Gasteiger partial charge in [-0.3, -0.25) is 0 Å². The number of sulfonamides is 1. The van der Waals surface area contributed by atoms with Crippen molar-refractivity contribution in [3.8, 4) is 0 Å². The van der Waals surface area contributed by atoms with E-state index in [1.165, 1.54) is 0 Å². The van der Waals surface area contributed by atoms with Gasteiger partial charge in [-0.2, -0.15) is 0 Å². The van der Waals surface area contributed by atoms with Gasteiger partial charge in [-0.15, -0.1) is 0 Å². The summed E-state index contributed by atoms with van der Waals surface area (Å²) in [4.78, 5) is 0. The minimum absolute atomic E-state index is 0.0112. The summed E-state index contributed by atoms with van der Waals surface area (Å²) in [6.07, 6.45) is 1.21. The van der Waals surface area contributed by atoms with Crippen molar-refractivity contribution in [2.45, 2.75) is 19.4 Å². The molecule has 0 bridgehead atoms. The van der Waals surface area contributed by atoms with Crippen LogP contribution in [-0.4, -0.2) is 20.8 Å². The summed E-state index contributed by atoms with van der Waals surface area (Å²) in [6.45, 7) is 1.03. The number of nitrogens with two attached hydrogens (primary N) is 1. The van der Waals surface area contributed by atoms with Crippen LogP contribution in [-0.2, 0) is 21.4 Å². The maximum absolute atomic E-state index is 10.6. The number of ether oxygens (including phenoxy) is 1. The molecule has 1 aromatic carbocycles. The number of benzene rings is 1. The Morgan fingerprint density at radius 2 is 1.82 bits per heavy atom. The molecule has 0 unspecified atom stereocenters. The predicted octanol–water partition coefficient (Wildman–Crippen LogP) is 1.93. The molecule has 0 fully saturated rings. The van der Waals surface area contributed by atoms with E-state index in [1.54, 1.807) is 12.1 Å². The normalized spacial score (nSPS) is 11.6. The molecule has 0 radical (unpaired) electrons. The molecule has 0 aromatic heterocycles. The van der Waals surface area contributed by atoms with Crippen molar-refractivity contribution in [1.29, 1.82) is 0 Å². The lowest BCUT2D eigenvalue weighted by Gasteiger charge is -2.04. The predicted molar refractivity (Wildman–Crippen MR) is 68.3 cm³/mol. The highest BCUT2D eigenvalue weighted by Gasteiger charge is 2.01. The molecule has 0 aliphatic carbocycles. The minimum atomic E-state index is -3.34. The molecule has 0 amide bonds.